The number of hydrogen-bond donors (Lipinski definition) is 7. The minimum atomic E-state index is -1.13. The number of aliphatic imine (C=N–C) groups is 1. The second-order valence-corrected chi connectivity index (χ2v) is 7.72. The lowest BCUT2D eigenvalue weighted by molar-refractivity contribution is -0.525. The highest BCUT2D eigenvalue weighted by molar-refractivity contribution is 5.93. The molecular weight excluding hydrogens is 448 g/mol. The Morgan fingerprint density at radius 1 is 1.21 bits per heavy atom. The molecule has 3 amide bonds. The van der Waals surface area contributed by atoms with E-state index in [4.69, 9.17) is 10.9 Å². The van der Waals surface area contributed by atoms with Crippen LogP contribution in [0.2, 0.25) is 0 Å². The standard InChI is InChI=1S/C20H30N8O6/c21-20(26-28(33)34)23-11-5-9-15(19(31)27-32)24-18(30)16(12-13-6-2-1-3-7-13)25-17(29)14-8-4-10-22-14/h1-3,6-7,14-16,22,32H,4-5,8-12H2,(H,24,30)(H,25,29)(H,27,31)(H3,21,23,26)/t14-,15-,16-/m0/s1. The molecule has 14 nitrogen and oxygen atoms in total. The van der Waals surface area contributed by atoms with E-state index in [2.05, 4.69) is 20.9 Å². The van der Waals surface area contributed by atoms with Crippen LogP contribution in [-0.2, 0) is 20.8 Å². The minimum Gasteiger partial charge on any atom is -0.365 e. The fourth-order valence-corrected chi connectivity index (χ4v) is 3.48. The van der Waals surface area contributed by atoms with Gasteiger partial charge < -0.3 is 21.7 Å². The maximum atomic E-state index is 13.1. The van der Waals surface area contributed by atoms with Gasteiger partial charge in [0.05, 0.1) is 6.04 Å². The van der Waals surface area contributed by atoms with E-state index in [1.54, 1.807) is 5.43 Å². The number of hydroxylamine groups is 1. The highest BCUT2D eigenvalue weighted by Crippen LogP contribution is 2.09. The third kappa shape index (κ3) is 8.99. The Kier molecular flexibility index (Phi) is 10.7. The molecule has 14 heteroatoms. The molecule has 1 aliphatic heterocycles. The molecule has 1 aromatic carbocycles. The molecule has 186 valence electrons. The van der Waals surface area contributed by atoms with E-state index in [0.29, 0.717) is 6.42 Å². The summed E-state index contributed by atoms with van der Waals surface area (Å²) in [6.45, 7) is 0.756. The molecule has 0 spiro atoms. The van der Waals surface area contributed by atoms with Crippen molar-refractivity contribution in [3.8, 4) is 0 Å². The molecule has 8 N–H and O–H groups in total. The maximum Gasteiger partial charge on any atom is 0.265 e. The Balaban J connectivity index is 2.04. The number of carbonyl (C=O) groups is 3. The minimum absolute atomic E-state index is 0.0370. The molecule has 0 aromatic heterocycles. The van der Waals surface area contributed by atoms with Gasteiger partial charge in [0.25, 0.3) is 11.9 Å². The molecule has 0 saturated carbocycles. The first-order chi connectivity index (χ1) is 16.3. The van der Waals surface area contributed by atoms with Crippen molar-refractivity contribution in [2.45, 2.75) is 50.2 Å². The lowest BCUT2D eigenvalue weighted by atomic mass is 10.0. The molecule has 2 rings (SSSR count). The molecule has 1 aromatic rings. The van der Waals surface area contributed by atoms with Crippen LogP contribution in [0.4, 0.5) is 0 Å². The molecule has 0 bridgehead atoms. The van der Waals surface area contributed by atoms with E-state index >= 15 is 0 Å². The third-order valence-corrected chi connectivity index (χ3v) is 5.17. The first-order valence-electron chi connectivity index (χ1n) is 10.8. The number of hydrazine groups is 1. The van der Waals surface area contributed by atoms with E-state index in [1.807, 2.05) is 30.3 Å². The number of amides is 3. The number of nitrogens with one attached hydrogen (secondary N) is 5. The summed E-state index contributed by atoms with van der Waals surface area (Å²) in [4.78, 5) is 51.8. The van der Waals surface area contributed by atoms with E-state index in [9.17, 15) is 24.5 Å². The molecule has 0 aliphatic carbocycles. The molecule has 34 heavy (non-hydrogen) atoms. The molecule has 0 radical (unpaired) electrons. The maximum absolute atomic E-state index is 13.1. The van der Waals surface area contributed by atoms with Crippen molar-refractivity contribution in [2.75, 3.05) is 13.1 Å². The summed E-state index contributed by atoms with van der Waals surface area (Å²) in [6, 6.07) is 6.62. The number of hydrogen-bond acceptors (Lipinski definition) is 8. The number of nitrogens with zero attached hydrogens (tertiary/aromatic N) is 2. The van der Waals surface area contributed by atoms with Crippen LogP contribution < -0.4 is 32.6 Å². The second kappa shape index (κ2) is 13.7. The zero-order valence-electron chi connectivity index (χ0n) is 18.5. The largest absolute Gasteiger partial charge is 0.365 e. The van der Waals surface area contributed by atoms with Gasteiger partial charge in [-0.2, -0.15) is 0 Å². The molecule has 1 heterocycles. The smallest absolute Gasteiger partial charge is 0.265 e. The summed E-state index contributed by atoms with van der Waals surface area (Å²) < 4.78 is 0. The van der Waals surface area contributed by atoms with Crippen molar-refractivity contribution < 1.29 is 24.6 Å². The van der Waals surface area contributed by atoms with Crippen LogP contribution in [-0.4, -0.2) is 65.1 Å². The van der Waals surface area contributed by atoms with Gasteiger partial charge in [0.2, 0.25) is 11.8 Å². The van der Waals surface area contributed by atoms with Crippen LogP contribution in [0, 0.1) is 10.1 Å². The van der Waals surface area contributed by atoms with Crippen LogP contribution in [0.15, 0.2) is 35.3 Å². The first kappa shape index (κ1) is 26.5. The Labute approximate surface area is 195 Å². The number of carbonyl (C=O) groups excluding carboxylic acids is 3. The van der Waals surface area contributed by atoms with Crippen molar-refractivity contribution >= 4 is 23.7 Å². The normalized spacial score (nSPS) is 17.3. The van der Waals surface area contributed by atoms with Crippen molar-refractivity contribution in [1.82, 2.24) is 26.9 Å². The zero-order chi connectivity index (χ0) is 24.9. The predicted octanol–water partition coefficient (Wildman–Crippen LogP) is -1.67. The van der Waals surface area contributed by atoms with Gasteiger partial charge in [0.15, 0.2) is 5.03 Å². The van der Waals surface area contributed by atoms with Crippen molar-refractivity contribution in [1.29, 1.82) is 0 Å². The van der Waals surface area contributed by atoms with Gasteiger partial charge in [-0.1, -0.05) is 35.8 Å². The third-order valence-electron chi connectivity index (χ3n) is 5.17. The van der Waals surface area contributed by atoms with Crippen LogP contribution in [0.25, 0.3) is 0 Å². The quantitative estimate of drug-likeness (QED) is 0.0456. The average molecular weight is 479 g/mol. The monoisotopic (exact) mass is 478 g/mol. The number of rotatable bonds is 12. The Hall–Kier alpha value is -3.78. The van der Waals surface area contributed by atoms with Crippen LogP contribution >= 0.6 is 0 Å². The van der Waals surface area contributed by atoms with Gasteiger partial charge in [-0.3, -0.25) is 19.6 Å². The summed E-state index contributed by atoms with van der Waals surface area (Å²) >= 11 is 0. The van der Waals surface area contributed by atoms with Gasteiger partial charge in [0.1, 0.15) is 12.1 Å². The van der Waals surface area contributed by atoms with Gasteiger partial charge in [-0.15, -0.1) is 0 Å². The fourth-order valence-electron chi connectivity index (χ4n) is 3.48. The predicted molar refractivity (Wildman–Crippen MR) is 121 cm³/mol. The van der Waals surface area contributed by atoms with Gasteiger partial charge >= 0.3 is 0 Å². The van der Waals surface area contributed by atoms with Gasteiger partial charge in [-0.25, -0.2) is 20.6 Å². The summed E-state index contributed by atoms with van der Waals surface area (Å²) in [5.41, 5.74) is 9.34. The van der Waals surface area contributed by atoms with Gasteiger partial charge in [0, 0.05) is 13.0 Å². The van der Waals surface area contributed by atoms with Crippen molar-refractivity contribution in [3.05, 3.63) is 46.0 Å². The Morgan fingerprint density at radius 3 is 2.56 bits per heavy atom. The number of nitro groups is 1. The summed E-state index contributed by atoms with van der Waals surface area (Å²) in [6.07, 6.45) is 2.00. The summed E-state index contributed by atoms with van der Waals surface area (Å²) in [5.74, 6) is -2.15. The van der Waals surface area contributed by atoms with Crippen molar-refractivity contribution in [2.24, 2.45) is 10.7 Å². The van der Waals surface area contributed by atoms with Crippen LogP contribution in [0.3, 0.4) is 0 Å². The Bertz CT molecular complexity index is 875. The van der Waals surface area contributed by atoms with Crippen molar-refractivity contribution in [3.63, 3.8) is 0 Å². The molecule has 0 unspecified atom stereocenters. The van der Waals surface area contributed by atoms with Gasteiger partial charge in [-0.05, 0) is 37.8 Å². The zero-order valence-corrected chi connectivity index (χ0v) is 18.5. The van der Waals surface area contributed by atoms with E-state index < -0.39 is 40.9 Å². The number of benzene rings is 1. The average Bonchev–Trinajstić information content (AvgIpc) is 3.35. The first-order valence-corrected chi connectivity index (χ1v) is 10.8. The topological polar surface area (TPSA) is 213 Å². The summed E-state index contributed by atoms with van der Waals surface area (Å²) in [5, 5.41) is 26.9. The highest BCUT2D eigenvalue weighted by atomic mass is 16.7. The van der Waals surface area contributed by atoms with E-state index in [-0.39, 0.29) is 31.7 Å². The molecule has 1 fully saturated rings. The van der Waals surface area contributed by atoms with E-state index in [0.717, 1.165) is 18.5 Å². The number of guanidine groups is 1. The molecular formula is C20H30N8O6. The van der Waals surface area contributed by atoms with E-state index in [1.165, 1.54) is 5.48 Å². The second-order valence-electron chi connectivity index (χ2n) is 7.72. The SMILES string of the molecule is NC(=NCCC[C@H](NC(=O)[C@H](Cc1ccccc1)NC(=O)[C@@H]1CCCN1)C(=O)NO)N[N+](=O)[O-]. The highest BCUT2D eigenvalue weighted by Gasteiger charge is 2.30. The molecule has 1 aliphatic rings. The summed E-state index contributed by atoms with van der Waals surface area (Å²) in [7, 11) is 0. The van der Waals surface area contributed by atoms with Crippen LogP contribution in [0.5, 0.6) is 0 Å². The number of nitrogens with two attached hydrogens (primary N) is 1. The molecule has 1 saturated heterocycles. The lowest BCUT2D eigenvalue weighted by Crippen LogP contribution is -2.56. The fraction of sp³-hybridized carbons (Fsp3) is 0.500. The molecule has 3 atom stereocenters. The Morgan fingerprint density at radius 2 is 1.94 bits per heavy atom. The van der Waals surface area contributed by atoms with Crippen LogP contribution in [0.1, 0.15) is 31.2 Å². The lowest BCUT2D eigenvalue weighted by Gasteiger charge is -2.23.